The zero-order valence-electron chi connectivity index (χ0n) is 15.6. The lowest BCUT2D eigenvalue weighted by molar-refractivity contribution is 0.392. The maximum atomic E-state index is 9.37. The van der Waals surface area contributed by atoms with Crippen molar-refractivity contribution in [1.82, 2.24) is 29.4 Å². The molecule has 5 rings (SSSR count). The first-order valence-corrected chi connectivity index (χ1v) is 9.36. The molecule has 4 heterocycles. The summed E-state index contributed by atoms with van der Waals surface area (Å²) in [6.07, 6.45) is 8.69. The molecule has 0 bridgehead atoms. The Morgan fingerprint density at radius 2 is 2.11 bits per heavy atom. The van der Waals surface area contributed by atoms with Crippen molar-refractivity contribution in [2.24, 2.45) is 0 Å². The highest BCUT2D eigenvalue weighted by Gasteiger charge is 2.26. The van der Waals surface area contributed by atoms with Crippen LogP contribution in [0.4, 0.5) is 0 Å². The van der Waals surface area contributed by atoms with Gasteiger partial charge in [0.15, 0.2) is 0 Å². The molecule has 0 saturated carbocycles. The van der Waals surface area contributed by atoms with Crippen LogP contribution in [0.1, 0.15) is 29.5 Å². The third-order valence-corrected chi connectivity index (χ3v) is 5.41. The summed E-state index contributed by atoms with van der Waals surface area (Å²) < 4.78 is 2.35. The topological polar surface area (TPSA) is 83.5 Å². The molecular formula is C21H19N7. The predicted molar refractivity (Wildman–Crippen MR) is 106 cm³/mol. The molecule has 1 aliphatic rings. The quantitative estimate of drug-likeness (QED) is 0.552. The van der Waals surface area contributed by atoms with Crippen molar-refractivity contribution in [2.75, 3.05) is 20.1 Å². The molecule has 4 aromatic rings. The van der Waals surface area contributed by atoms with Crippen molar-refractivity contribution in [3.05, 3.63) is 60.1 Å². The van der Waals surface area contributed by atoms with Crippen LogP contribution < -0.4 is 0 Å². The molecule has 7 heteroatoms. The lowest BCUT2D eigenvalue weighted by Crippen LogP contribution is -2.18. The first-order valence-electron chi connectivity index (χ1n) is 9.36. The maximum absolute atomic E-state index is 9.37. The number of pyridine rings is 1. The van der Waals surface area contributed by atoms with E-state index in [0.717, 1.165) is 53.0 Å². The maximum Gasteiger partial charge on any atom is 0.116 e. The number of likely N-dealkylation sites (tertiary alicyclic amines) is 1. The predicted octanol–water partition coefficient (Wildman–Crippen LogP) is 2.71. The summed E-state index contributed by atoms with van der Waals surface area (Å²) in [6, 6.07) is 8.22. The molecule has 138 valence electrons. The fourth-order valence-electron chi connectivity index (χ4n) is 4.12. The first-order chi connectivity index (χ1) is 13.7. The van der Waals surface area contributed by atoms with Crippen LogP contribution in [-0.4, -0.2) is 49.5 Å². The molecule has 1 atom stereocenters. The Morgan fingerprint density at radius 1 is 1.18 bits per heavy atom. The van der Waals surface area contributed by atoms with Crippen LogP contribution in [0.5, 0.6) is 0 Å². The van der Waals surface area contributed by atoms with E-state index in [0.29, 0.717) is 18.0 Å². The largest absolute Gasteiger partial charge is 0.323 e. The summed E-state index contributed by atoms with van der Waals surface area (Å²) in [6.45, 7) is 2.03. The number of likely N-dealkylation sites (N-methyl/N-ethyl adjacent to an activating group) is 1. The van der Waals surface area contributed by atoms with Gasteiger partial charge in [0.25, 0.3) is 0 Å². The molecule has 1 fully saturated rings. The van der Waals surface area contributed by atoms with Crippen LogP contribution in [-0.2, 0) is 6.42 Å². The highest BCUT2D eigenvalue weighted by atomic mass is 15.2. The Hall–Kier alpha value is -3.37. The molecule has 1 saturated heterocycles. The molecule has 3 aromatic heterocycles. The fraction of sp³-hybridized carbons (Fsp3) is 0.286. The standard InChI is InChI=1S/C21H19N7/c1-27-7-4-16(13-27)28-20(9-15-11-23-5-6-24-15)26-19-12-25-18-3-2-14(10-22)8-17(18)21(19)28/h2-3,5-6,8,11-12,16H,4,7,9,13H2,1H3/t16-/m1/s1. The minimum Gasteiger partial charge on any atom is -0.323 e. The molecular weight excluding hydrogens is 350 g/mol. The zero-order valence-corrected chi connectivity index (χ0v) is 15.6. The van der Waals surface area contributed by atoms with Gasteiger partial charge < -0.3 is 9.47 Å². The van der Waals surface area contributed by atoms with Crippen LogP contribution >= 0.6 is 0 Å². The molecule has 0 spiro atoms. The Bertz CT molecular complexity index is 1210. The summed E-state index contributed by atoms with van der Waals surface area (Å²) in [5.74, 6) is 0.965. The number of hydrogen-bond donors (Lipinski definition) is 0. The molecule has 7 nitrogen and oxygen atoms in total. The van der Waals surface area contributed by atoms with Crippen LogP contribution in [0.15, 0.2) is 43.0 Å². The third kappa shape index (κ3) is 2.79. The monoisotopic (exact) mass is 369 g/mol. The Labute approximate surface area is 162 Å². The first kappa shape index (κ1) is 16.8. The van der Waals surface area contributed by atoms with Crippen LogP contribution in [0.25, 0.3) is 21.9 Å². The fourth-order valence-corrected chi connectivity index (χ4v) is 4.12. The van der Waals surface area contributed by atoms with Gasteiger partial charge in [-0.3, -0.25) is 15.0 Å². The third-order valence-electron chi connectivity index (χ3n) is 5.41. The molecule has 0 amide bonds. The van der Waals surface area contributed by atoms with Gasteiger partial charge in [-0.2, -0.15) is 5.26 Å². The van der Waals surface area contributed by atoms with E-state index < -0.39 is 0 Å². The van der Waals surface area contributed by atoms with Gasteiger partial charge in [-0.15, -0.1) is 0 Å². The van der Waals surface area contributed by atoms with Gasteiger partial charge in [-0.25, -0.2) is 4.98 Å². The van der Waals surface area contributed by atoms with Gasteiger partial charge in [0.1, 0.15) is 11.3 Å². The van der Waals surface area contributed by atoms with Crippen molar-refractivity contribution >= 4 is 21.9 Å². The van der Waals surface area contributed by atoms with Crippen molar-refractivity contribution < 1.29 is 0 Å². The van der Waals surface area contributed by atoms with Gasteiger partial charge >= 0.3 is 0 Å². The van der Waals surface area contributed by atoms with E-state index in [9.17, 15) is 5.26 Å². The summed E-state index contributed by atoms with van der Waals surface area (Å²) in [5, 5.41) is 10.3. The number of nitrogens with zero attached hydrogens (tertiary/aromatic N) is 7. The van der Waals surface area contributed by atoms with E-state index in [2.05, 4.69) is 37.5 Å². The summed E-state index contributed by atoms with van der Waals surface area (Å²) in [4.78, 5) is 20.4. The number of hydrogen-bond acceptors (Lipinski definition) is 6. The van der Waals surface area contributed by atoms with E-state index >= 15 is 0 Å². The van der Waals surface area contributed by atoms with Crippen molar-refractivity contribution in [2.45, 2.75) is 18.9 Å². The molecule has 1 aliphatic heterocycles. The number of aromatic nitrogens is 5. The molecule has 0 unspecified atom stereocenters. The smallest absolute Gasteiger partial charge is 0.116 e. The minimum absolute atomic E-state index is 0.331. The molecule has 0 radical (unpaired) electrons. The average Bonchev–Trinajstić information content (AvgIpc) is 3.31. The number of benzene rings is 1. The van der Waals surface area contributed by atoms with Gasteiger partial charge in [0.05, 0.1) is 34.6 Å². The normalized spacial score (nSPS) is 17.4. The number of nitriles is 1. The van der Waals surface area contributed by atoms with Crippen molar-refractivity contribution in [1.29, 1.82) is 5.26 Å². The highest BCUT2D eigenvalue weighted by Crippen LogP contribution is 2.32. The summed E-state index contributed by atoms with van der Waals surface area (Å²) in [5.41, 5.74) is 4.32. The van der Waals surface area contributed by atoms with Crippen LogP contribution in [0, 0.1) is 11.3 Å². The molecule has 0 N–H and O–H groups in total. The van der Waals surface area contributed by atoms with E-state index in [1.54, 1.807) is 18.6 Å². The van der Waals surface area contributed by atoms with E-state index in [1.165, 1.54) is 0 Å². The van der Waals surface area contributed by atoms with E-state index in [-0.39, 0.29) is 0 Å². The number of imidazole rings is 1. The van der Waals surface area contributed by atoms with Gasteiger partial charge in [-0.1, -0.05) is 0 Å². The average molecular weight is 369 g/mol. The van der Waals surface area contributed by atoms with Crippen LogP contribution in [0.2, 0.25) is 0 Å². The lowest BCUT2D eigenvalue weighted by Gasteiger charge is -2.17. The highest BCUT2D eigenvalue weighted by molar-refractivity contribution is 6.02. The molecule has 1 aromatic carbocycles. The lowest BCUT2D eigenvalue weighted by atomic mass is 10.1. The second-order valence-corrected chi connectivity index (χ2v) is 7.31. The minimum atomic E-state index is 0.331. The summed E-state index contributed by atoms with van der Waals surface area (Å²) >= 11 is 0. The summed E-state index contributed by atoms with van der Waals surface area (Å²) in [7, 11) is 2.15. The zero-order chi connectivity index (χ0) is 19.1. The van der Waals surface area contributed by atoms with Crippen molar-refractivity contribution in [3.8, 4) is 6.07 Å². The Balaban J connectivity index is 1.77. The second-order valence-electron chi connectivity index (χ2n) is 7.31. The van der Waals surface area contributed by atoms with Gasteiger partial charge in [0.2, 0.25) is 0 Å². The van der Waals surface area contributed by atoms with Gasteiger partial charge in [0, 0.05) is 43.0 Å². The molecule has 28 heavy (non-hydrogen) atoms. The number of fused-ring (bicyclic) bond motifs is 3. The molecule has 0 aliphatic carbocycles. The SMILES string of the molecule is CN1CC[C@@H](n2c(Cc3cnccn3)nc3cnc4ccc(C#N)cc4c32)C1. The second kappa shape index (κ2) is 6.66. The Kier molecular flexibility index (Phi) is 3.99. The van der Waals surface area contributed by atoms with E-state index in [1.807, 2.05) is 24.4 Å². The van der Waals surface area contributed by atoms with Crippen LogP contribution in [0.3, 0.4) is 0 Å². The van der Waals surface area contributed by atoms with E-state index in [4.69, 9.17) is 4.98 Å². The van der Waals surface area contributed by atoms with Gasteiger partial charge in [-0.05, 0) is 38.2 Å². The number of rotatable bonds is 3. The van der Waals surface area contributed by atoms with Crippen molar-refractivity contribution in [3.63, 3.8) is 0 Å². The Morgan fingerprint density at radius 3 is 2.86 bits per heavy atom.